The number of aromatic nitrogens is 3. The van der Waals surface area contributed by atoms with Gasteiger partial charge in [-0.1, -0.05) is 11.6 Å². The van der Waals surface area contributed by atoms with Gasteiger partial charge in [0.1, 0.15) is 11.0 Å². The van der Waals surface area contributed by atoms with Crippen molar-refractivity contribution in [3.63, 3.8) is 0 Å². The van der Waals surface area contributed by atoms with Gasteiger partial charge in [0.05, 0.1) is 26.5 Å². The van der Waals surface area contributed by atoms with Crippen LogP contribution in [0.3, 0.4) is 0 Å². The molecule has 3 rings (SSSR count). The fraction of sp³-hybridized carbons (Fsp3) is 0.438. The van der Waals surface area contributed by atoms with Gasteiger partial charge in [0.15, 0.2) is 5.82 Å². The first-order valence-corrected chi connectivity index (χ1v) is 9.78. The summed E-state index contributed by atoms with van der Waals surface area (Å²) in [6.45, 7) is 1.98. The predicted molar refractivity (Wildman–Crippen MR) is 104 cm³/mol. The molecule has 0 aliphatic carbocycles. The van der Waals surface area contributed by atoms with E-state index in [-0.39, 0.29) is 11.2 Å². The smallest absolute Gasteiger partial charge is 0.320 e. The molecule has 0 bridgehead atoms. The highest BCUT2D eigenvalue weighted by Gasteiger charge is 2.27. The van der Waals surface area contributed by atoms with Crippen LogP contribution in [0.5, 0.6) is 5.75 Å². The number of H-pyrrole nitrogens is 1. The molecule has 1 N–H and O–H groups in total. The molecule has 1 fully saturated rings. The first-order valence-electron chi connectivity index (χ1n) is 7.94. The molecule has 0 saturated carbocycles. The second kappa shape index (κ2) is 8.43. The summed E-state index contributed by atoms with van der Waals surface area (Å²) in [5, 5.41) is 3.61. The van der Waals surface area contributed by atoms with Gasteiger partial charge in [-0.05, 0) is 30.4 Å². The summed E-state index contributed by atoms with van der Waals surface area (Å²) in [7, 11) is 3.01. The summed E-state index contributed by atoms with van der Waals surface area (Å²) in [4.78, 5) is 18.4. The number of carbonyl (C=O) groups excluding carboxylic acids is 1. The summed E-state index contributed by atoms with van der Waals surface area (Å²) < 4.78 is 12.4. The number of halogens is 1. The number of aromatic amines is 1. The normalized spacial score (nSPS) is 17.9. The zero-order valence-corrected chi connectivity index (χ0v) is 16.8. The third-order valence-corrected chi connectivity index (χ3v) is 5.76. The van der Waals surface area contributed by atoms with Crippen LogP contribution in [0, 0.1) is 4.77 Å². The molecule has 0 amide bonds. The van der Waals surface area contributed by atoms with Gasteiger partial charge in [-0.2, -0.15) is 4.98 Å². The van der Waals surface area contributed by atoms with Gasteiger partial charge >= 0.3 is 5.97 Å². The maximum absolute atomic E-state index is 11.8. The minimum Gasteiger partial charge on any atom is -0.496 e. The molecule has 1 aliphatic heterocycles. The van der Waals surface area contributed by atoms with Crippen molar-refractivity contribution < 1.29 is 14.3 Å². The van der Waals surface area contributed by atoms with Crippen molar-refractivity contribution in [2.45, 2.75) is 11.9 Å². The Morgan fingerprint density at radius 3 is 3.04 bits per heavy atom. The molecule has 1 aliphatic rings. The first kappa shape index (κ1) is 19.2. The van der Waals surface area contributed by atoms with E-state index in [2.05, 4.69) is 15.0 Å². The Labute approximate surface area is 165 Å². The van der Waals surface area contributed by atoms with Crippen LogP contribution in [0.1, 0.15) is 0 Å². The van der Waals surface area contributed by atoms with Crippen molar-refractivity contribution in [2.75, 3.05) is 33.1 Å². The molecule has 10 heteroatoms. The molecule has 1 atom stereocenters. The number of carbonyl (C=O) groups is 1. The zero-order chi connectivity index (χ0) is 18.7. The quantitative estimate of drug-likeness (QED) is 0.595. The molecule has 2 aromatic rings. The van der Waals surface area contributed by atoms with E-state index >= 15 is 0 Å². The van der Waals surface area contributed by atoms with Gasteiger partial charge < -0.3 is 9.47 Å². The van der Waals surface area contributed by atoms with Crippen molar-refractivity contribution in [1.29, 1.82) is 0 Å². The third kappa shape index (κ3) is 4.22. The molecule has 26 heavy (non-hydrogen) atoms. The summed E-state index contributed by atoms with van der Waals surface area (Å²) in [6.07, 6.45) is 0. The topological polar surface area (TPSA) is 72.4 Å². The fourth-order valence-corrected chi connectivity index (χ4v) is 4.31. The molecule has 2 heterocycles. The van der Waals surface area contributed by atoms with Crippen molar-refractivity contribution >= 4 is 41.6 Å². The lowest BCUT2D eigenvalue weighted by Crippen LogP contribution is -2.42. The Balaban J connectivity index is 1.80. The van der Waals surface area contributed by atoms with Crippen LogP contribution < -0.4 is 4.74 Å². The first-order chi connectivity index (χ1) is 12.5. The molecular weight excluding hydrogens is 396 g/mol. The number of methoxy groups -OCH3 is 2. The number of nitrogens with one attached hydrogen (secondary N) is 1. The van der Waals surface area contributed by atoms with E-state index in [4.69, 9.17) is 33.3 Å². The average molecular weight is 415 g/mol. The number of thioether (sulfide) groups is 1. The van der Waals surface area contributed by atoms with Crippen LogP contribution in [0.15, 0.2) is 18.2 Å². The van der Waals surface area contributed by atoms with Gasteiger partial charge in [-0.3, -0.25) is 14.8 Å². The molecular formula is C16H19ClN4O3S2. The van der Waals surface area contributed by atoms with Crippen LogP contribution >= 0.6 is 35.6 Å². The van der Waals surface area contributed by atoms with E-state index in [9.17, 15) is 4.79 Å². The number of nitrogens with zero attached hydrogens (tertiary/aromatic N) is 3. The molecule has 0 spiro atoms. The predicted octanol–water partition coefficient (Wildman–Crippen LogP) is 2.82. The lowest BCUT2D eigenvalue weighted by atomic mass is 10.2. The Bertz CT molecular complexity index is 854. The largest absolute Gasteiger partial charge is 0.496 e. The summed E-state index contributed by atoms with van der Waals surface area (Å²) in [5.74, 6) is 1.91. The van der Waals surface area contributed by atoms with Crippen LogP contribution in [-0.4, -0.2) is 63.9 Å². The second-order valence-corrected chi connectivity index (χ2v) is 7.84. The minimum atomic E-state index is -0.197. The Kier molecular flexibility index (Phi) is 6.23. The summed E-state index contributed by atoms with van der Waals surface area (Å²) in [6, 6.07) is 5.33. The number of ether oxygens (including phenoxy) is 2. The number of rotatable bonds is 5. The number of hydrogen-bond donors (Lipinski definition) is 1. The summed E-state index contributed by atoms with van der Waals surface area (Å²) in [5.41, 5.74) is 0.742. The van der Waals surface area contributed by atoms with Gasteiger partial charge in [-0.15, -0.1) is 11.8 Å². The van der Waals surface area contributed by atoms with Crippen molar-refractivity contribution in [3.8, 4) is 17.1 Å². The monoisotopic (exact) mass is 414 g/mol. The van der Waals surface area contributed by atoms with Gasteiger partial charge in [0.2, 0.25) is 4.77 Å². The van der Waals surface area contributed by atoms with Crippen LogP contribution in [0.4, 0.5) is 0 Å². The van der Waals surface area contributed by atoms with Gasteiger partial charge in [0.25, 0.3) is 0 Å². The molecule has 7 nitrogen and oxygen atoms in total. The standard InChI is InChI=1S/C16H19ClN4O3S2/c1-23-12-4-3-10(17)7-11(12)14-18-16(25)21(19-14)9-20-5-6-26-13(8-20)15(22)24-2/h3-4,7,13H,5-6,8-9H2,1-2H3,(H,18,19,25)/t13-/m1/s1. The van der Waals surface area contributed by atoms with E-state index in [1.807, 2.05) is 0 Å². The molecule has 1 saturated heterocycles. The van der Waals surface area contributed by atoms with E-state index in [0.717, 1.165) is 17.9 Å². The molecule has 1 aromatic heterocycles. The summed E-state index contributed by atoms with van der Waals surface area (Å²) >= 11 is 13.1. The zero-order valence-electron chi connectivity index (χ0n) is 14.4. The Morgan fingerprint density at radius 1 is 1.50 bits per heavy atom. The molecule has 0 unspecified atom stereocenters. The van der Waals surface area contributed by atoms with Crippen LogP contribution in [0.25, 0.3) is 11.4 Å². The highest BCUT2D eigenvalue weighted by molar-refractivity contribution is 8.00. The van der Waals surface area contributed by atoms with Crippen LogP contribution in [0.2, 0.25) is 5.02 Å². The third-order valence-electron chi connectivity index (χ3n) is 4.05. The second-order valence-electron chi connectivity index (χ2n) is 5.73. The fourth-order valence-electron chi connectivity index (χ4n) is 2.74. The molecule has 1 aromatic carbocycles. The lowest BCUT2D eigenvalue weighted by Gasteiger charge is -2.30. The van der Waals surface area contributed by atoms with Crippen LogP contribution in [-0.2, 0) is 16.2 Å². The highest BCUT2D eigenvalue weighted by atomic mass is 35.5. The van der Waals surface area contributed by atoms with Crippen molar-refractivity contribution in [3.05, 3.63) is 28.0 Å². The van der Waals surface area contributed by atoms with E-state index in [1.165, 1.54) is 7.11 Å². The Hall–Kier alpha value is -1.55. The molecule has 140 valence electrons. The van der Waals surface area contributed by atoms with E-state index in [0.29, 0.717) is 34.6 Å². The maximum atomic E-state index is 11.8. The maximum Gasteiger partial charge on any atom is 0.320 e. The van der Waals surface area contributed by atoms with Gasteiger partial charge in [0, 0.05) is 23.9 Å². The minimum absolute atomic E-state index is 0.182. The lowest BCUT2D eigenvalue weighted by molar-refractivity contribution is -0.140. The van der Waals surface area contributed by atoms with Crippen molar-refractivity contribution in [1.82, 2.24) is 19.7 Å². The number of hydrogen-bond acceptors (Lipinski definition) is 7. The van der Waals surface area contributed by atoms with Gasteiger partial charge in [-0.25, -0.2) is 4.68 Å². The molecule has 0 radical (unpaired) electrons. The average Bonchev–Trinajstić information content (AvgIpc) is 3.01. The Morgan fingerprint density at radius 2 is 2.31 bits per heavy atom. The highest BCUT2D eigenvalue weighted by Crippen LogP contribution is 2.30. The van der Waals surface area contributed by atoms with E-state index in [1.54, 1.807) is 41.8 Å². The SMILES string of the molecule is COC(=O)[C@H]1CN(Cn2[nH]c(-c3cc(Cl)ccc3OC)nc2=S)CCS1. The van der Waals surface area contributed by atoms with Crippen molar-refractivity contribution in [2.24, 2.45) is 0 Å². The number of esters is 1. The van der Waals surface area contributed by atoms with E-state index < -0.39 is 0 Å². The number of benzene rings is 1.